The molecule has 1 aromatic heterocycles. The smallest absolute Gasteiger partial charge is 0.255 e. The summed E-state index contributed by atoms with van der Waals surface area (Å²) in [5.74, 6) is 0.594. The summed E-state index contributed by atoms with van der Waals surface area (Å²) in [6, 6.07) is 0. The maximum absolute atomic E-state index is 12.3. The first-order chi connectivity index (χ1) is 8.47. The molecule has 2 N–H and O–H groups in total. The van der Waals surface area contributed by atoms with Crippen LogP contribution < -0.4 is 15.5 Å². The van der Waals surface area contributed by atoms with Gasteiger partial charge in [-0.2, -0.15) is 15.0 Å². The second kappa shape index (κ2) is 6.27. The lowest BCUT2D eigenvalue weighted by molar-refractivity contribution is 0.156. The monoisotopic (exact) mass is 260 g/mol. The number of hydrogen-bond donors (Lipinski definition) is 1. The molecular weight excluding hydrogens is 242 g/mol. The number of nitrogens with two attached hydrogens (primary N) is 1. The fourth-order valence-corrected chi connectivity index (χ4v) is 1.48. The lowest BCUT2D eigenvalue weighted by atomic mass is 10.5. The van der Waals surface area contributed by atoms with Crippen LogP contribution in [0.4, 0.5) is 26.6 Å². The highest BCUT2D eigenvalue weighted by atomic mass is 19.3. The topological polar surface area (TPSA) is 71.2 Å². The lowest BCUT2D eigenvalue weighted by Crippen LogP contribution is -2.29. The molecule has 0 aromatic carbocycles. The van der Waals surface area contributed by atoms with Crippen molar-refractivity contribution in [2.75, 3.05) is 42.2 Å². The lowest BCUT2D eigenvalue weighted by Gasteiger charge is -2.21. The van der Waals surface area contributed by atoms with Crippen LogP contribution in [0.2, 0.25) is 0 Å². The van der Waals surface area contributed by atoms with Crippen LogP contribution >= 0.6 is 0 Å². The largest absolute Gasteiger partial charge is 0.368 e. The SMILES string of the molecule is CCN(CC)c1nc(N)nc(N(C)CC(F)F)n1. The molecule has 102 valence electrons. The number of aromatic nitrogens is 3. The van der Waals surface area contributed by atoms with Gasteiger partial charge in [0.05, 0.1) is 6.54 Å². The molecule has 0 saturated carbocycles. The number of anilines is 3. The number of halogens is 2. The fraction of sp³-hybridized carbons (Fsp3) is 0.700. The molecule has 1 heterocycles. The van der Waals surface area contributed by atoms with Crippen LogP contribution in [0, 0.1) is 0 Å². The van der Waals surface area contributed by atoms with Crippen LogP contribution in [-0.4, -0.2) is 48.1 Å². The summed E-state index contributed by atoms with van der Waals surface area (Å²) in [5.41, 5.74) is 5.57. The summed E-state index contributed by atoms with van der Waals surface area (Å²) in [6.07, 6.45) is -2.45. The minimum atomic E-state index is -2.45. The molecule has 0 radical (unpaired) electrons. The standard InChI is InChI=1S/C10H18F2N6/c1-4-18(5-2)10-15-8(13)14-9(16-10)17(3)6-7(11)12/h7H,4-6H2,1-3H3,(H2,13,14,15,16). The summed E-state index contributed by atoms with van der Waals surface area (Å²) in [4.78, 5) is 15.1. The molecule has 0 aliphatic carbocycles. The van der Waals surface area contributed by atoms with Crippen LogP contribution in [0.1, 0.15) is 13.8 Å². The van der Waals surface area contributed by atoms with E-state index in [9.17, 15) is 8.78 Å². The first-order valence-electron chi connectivity index (χ1n) is 5.73. The summed E-state index contributed by atoms with van der Waals surface area (Å²) in [6.45, 7) is 4.87. The molecule has 8 heteroatoms. The Balaban J connectivity index is 2.99. The van der Waals surface area contributed by atoms with E-state index in [-0.39, 0.29) is 11.9 Å². The van der Waals surface area contributed by atoms with Crippen molar-refractivity contribution in [1.29, 1.82) is 0 Å². The fourth-order valence-electron chi connectivity index (χ4n) is 1.48. The predicted octanol–water partition coefficient (Wildman–Crippen LogP) is 1.00. The number of hydrogen-bond acceptors (Lipinski definition) is 6. The van der Waals surface area contributed by atoms with Gasteiger partial charge in [-0.05, 0) is 13.8 Å². The highest BCUT2D eigenvalue weighted by Crippen LogP contribution is 2.14. The van der Waals surface area contributed by atoms with Gasteiger partial charge in [0, 0.05) is 20.1 Å². The van der Waals surface area contributed by atoms with Crippen LogP contribution in [0.5, 0.6) is 0 Å². The molecule has 18 heavy (non-hydrogen) atoms. The van der Waals surface area contributed by atoms with Crippen molar-refractivity contribution in [2.45, 2.75) is 20.3 Å². The minimum absolute atomic E-state index is 0.0306. The average molecular weight is 260 g/mol. The first-order valence-corrected chi connectivity index (χ1v) is 5.73. The Hall–Kier alpha value is -1.73. The Morgan fingerprint density at radius 3 is 2.17 bits per heavy atom. The summed E-state index contributed by atoms with van der Waals surface area (Å²) in [7, 11) is 1.49. The van der Waals surface area contributed by atoms with E-state index in [1.807, 2.05) is 18.7 Å². The van der Waals surface area contributed by atoms with E-state index in [0.717, 1.165) is 0 Å². The summed E-state index contributed by atoms with van der Waals surface area (Å²) in [5, 5.41) is 0. The van der Waals surface area contributed by atoms with Gasteiger partial charge >= 0.3 is 0 Å². The maximum Gasteiger partial charge on any atom is 0.255 e. The van der Waals surface area contributed by atoms with Crippen molar-refractivity contribution in [2.24, 2.45) is 0 Å². The molecule has 0 aliphatic rings. The van der Waals surface area contributed by atoms with Gasteiger partial charge in [0.1, 0.15) is 0 Å². The molecule has 0 amide bonds. The molecule has 0 bridgehead atoms. The van der Waals surface area contributed by atoms with Gasteiger partial charge in [-0.25, -0.2) is 8.78 Å². The normalized spacial score (nSPS) is 10.8. The van der Waals surface area contributed by atoms with Crippen molar-refractivity contribution in [1.82, 2.24) is 15.0 Å². The third kappa shape index (κ3) is 3.64. The Kier molecular flexibility index (Phi) is 4.99. The molecule has 6 nitrogen and oxygen atoms in total. The molecule has 0 unspecified atom stereocenters. The van der Waals surface area contributed by atoms with Gasteiger partial charge < -0.3 is 15.5 Å². The summed E-state index contributed by atoms with van der Waals surface area (Å²) >= 11 is 0. The molecule has 0 spiro atoms. The highest BCUT2D eigenvalue weighted by molar-refractivity contribution is 5.42. The Bertz CT molecular complexity index is 383. The Morgan fingerprint density at radius 2 is 1.67 bits per heavy atom. The number of rotatable bonds is 6. The molecule has 0 aliphatic heterocycles. The Labute approximate surface area is 105 Å². The third-order valence-corrected chi connectivity index (χ3v) is 2.43. The number of alkyl halides is 2. The van der Waals surface area contributed by atoms with E-state index in [1.165, 1.54) is 11.9 Å². The molecular formula is C10H18F2N6. The highest BCUT2D eigenvalue weighted by Gasteiger charge is 2.15. The van der Waals surface area contributed by atoms with E-state index < -0.39 is 13.0 Å². The van der Waals surface area contributed by atoms with Crippen LogP contribution in [0.25, 0.3) is 0 Å². The number of nitrogen functional groups attached to an aromatic ring is 1. The van der Waals surface area contributed by atoms with Crippen LogP contribution in [0.15, 0.2) is 0 Å². The van der Waals surface area contributed by atoms with E-state index >= 15 is 0 Å². The maximum atomic E-state index is 12.3. The van der Waals surface area contributed by atoms with Crippen molar-refractivity contribution >= 4 is 17.8 Å². The van der Waals surface area contributed by atoms with Gasteiger partial charge in [-0.1, -0.05) is 0 Å². The van der Waals surface area contributed by atoms with E-state index in [0.29, 0.717) is 19.0 Å². The van der Waals surface area contributed by atoms with Gasteiger partial charge in [0.25, 0.3) is 6.43 Å². The minimum Gasteiger partial charge on any atom is -0.368 e. The zero-order valence-electron chi connectivity index (χ0n) is 10.8. The molecule has 0 fully saturated rings. The average Bonchev–Trinajstić information content (AvgIpc) is 2.29. The number of nitrogens with zero attached hydrogens (tertiary/aromatic N) is 5. The molecule has 0 saturated heterocycles. The van der Waals surface area contributed by atoms with Crippen molar-refractivity contribution < 1.29 is 8.78 Å². The zero-order valence-corrected chi connectivity index (χ0v) is 10.8. The first kappa shape index (κ1) is 14.3. The van der Waals surface area contributed by atoms with Crippen molar-refractivity contribution in [3.8, 4) is 0 Å². The molecule has 0 atom stereocenters. The molecule has 1 rings (SSSR count). The van der Waals surface area contributed by atoms with Gasteiger partial charge in [0.2, 0.25) is 17.8 Å². The van der Waals surface area contributed by atoms with Gasteiger partial charge in [-0.3, -0.25) is 0 Å². The zero-order chi connectivity index (χ0) is 13.7. The summed E-state index contributed by atoms with van der Waals surface area (Å²) < 4.78 is 24.6. The third-order valence-electron chi connectivity index (χ3n) is 2.43. The van der Waals surface area contributed by atoms with Gasteiger partial charge in [0.15, 0.2) is 0 Å². The van der Waals surface area contributed by atoms with E-state index in [4.69, 9.17) is 5.73 Å². The van der Waals surface area contributed by atoms with Crippen LogP contribution in [0.3, 0.4) is 0 Å². The molecule has 1 aromatic rings. The van der Waals surface area contributed by atoms with E-state index in [2.05, 4.69) is 15.0 Å². The predicted molar refractivity (Wildman–Crippen MR) is 67.1 cm³/mol. The van der Waals surface area contributed by atoms with Crippen molar-refractivity contribution in [3.05, 3.63) is 0 Å². The second-order valence-electron chi connectivity index (χ2n) is 3.74. The van der Waals surface area contributed by atoms with Crippen LogP contribution in [-0.2, 0) is 0 Å². The van der Waals surface area contributed by atoms with Crippen molar-refractivity contribution in [3.63, 3.8) is 0 Å². The quantitative estimate of drug-likeness (QED) is 0.822. The van der Waals surface area contributed by atoms with E-state index in [1.54, 1.807) is 0 Å². The van der Waals surface area contributed by atoms with Gasteiger partial charge in [-0.15, -0.1) is 0 Å². The Morgan fingerprint density at radius 1 is 1.11 bits per heavy atom. The second-order valence-corrected chi connectivity index (χ2v) is 3.74.